The first-order chi connectivity index (χ1) is 9.79. The number of sulfonamides is 1. The van der Waals surface area contributed by atoms with Gasteiger partial charge in [-0.3, -0.25) is 0 Å². The third-order valence-corrected chi connectivity index (χ3v) is 3.77. The third-order valence-electron chi connectivity index (χ3n) is 2.62. The first-order valence-electron chi connectivity index (χ1n) is 5.65. The Morgan fingerprint density at radius 1 is 1.43 bits per heavy atom. The first kappa shape index (κ1) is 15.4. The molecule has 0 fully saturated rings. The van der Waals surface area contributed by atoms with Crippen molar-refractivity contribution in [1.82, 2.24) is 0 Å². The van der Waals surface area contributed by atoms with Gasteiger partial charge in [-0.15, -0.1) is 0 Å². The summed E-state index contributed by atoms with van der Waals surface area (Å²) >= 11 is 5.82. The Morgan fingerprint density at radius 3 is 2.67 bits per heavy atom. The molecule has 4 N–H and O–H groups in total. The van der Waals surface area contributed by atoms with Crippen molar-refractivity contribution in [2.24, 2.45) is 5.14 Å². The van der Waals surface area contributed by atoms with Crippen LogP contribution in [0.1, 0.15) is 16.1 Å². The monoisotopic (exact) mass is 330 g/mol. The van der Waals surface area contributed by atoms with Crippen LogP contribution in [0.4, 0.5) is 5.69 Å². The van der Waals surface area contributed by atoms with E-state index in [1.54, 1.807) is 12.1 Å². The number of carbonyl (C=O) groups is 1. The zero-order valence-corrected chi connectivity index (χ0v) is 12.1. The molecule has 0 spiro atoms. The van der Waals surface area contributed by atoms with Crippen LogP contribution >= 0.6 is 11.6 Å². The van der Waals surface area contributed by atoms with Crippen molar-refractivity contribution >= 4 is 33.3 Å². The predicted molar refractivity (Wildman–Crippen MR) is 75.8 cm³/mol. The highest BCUT2D eigenvalue weighted by molar-refractivity contribution is 7.89. The maximum atomic E-state index is 11.5. The number of aromatic carboxylic acids is 1. The van der Waals surface area contributed by atoms with Gasteiger partial charge in [-0.05, 0) is 24.3 Å². The van der Waals surface area contributed by atoms with Crippen LogP contribution in [0.2, 0.25) is 5.02 Å². The fraction of sp³-hybridized carbons (Fsp3) is 0.0833. The molecule has 0 unspecified atom stereocenters. The highest BCUT2D eigenvalue weighted by atomic mass is 35.5. The summed E-state index contributed by atoms with van der Waals surface area (Å²) in [4.78, 5) is 10.8. The van der Waals surface area contributed by atoms with Crippen LogP contribution in [0.15, 0.2) is 39.8 Å². The van der Waals surface area contributed by atoms with Crippen LogP contribution in [0.3, 0.4) is 0 Å². The van der Waals surface area contributed by atoms with E-state index >= 15 is 0 Å². The number of carboxylic acid groups (broad SMARTS) is 1. The molecule has 1 heterocycles. The molecule has 1 aromatic heterocycles. The second-order valence-electron chi connectivity index (χ2n) is 4.11. The summed E-state index contributed by atoms with van der Waals surface area (Å²) in [6, 6.07) is 5.66. The van der Waals surface area contributed by atoms with Gasteiger partial charge in [0.05, 0.1) is 23.4 Å². The average Bonchev–Trinajstić information content (AvgIpc) is 2.87. The minimum atomic E-state index is -4.22. The molecule has 0 amide bonds. The predicted octanol–water partition coefficient (Wildman–Crippen LogP) is 1.89. The van der Waals surface area contributed by atoms with E-state index in [0.29, 0.717) is 5.76 Å². The molecule has 112 valence electrons. The van der Waals surface area contributed by atoms with Crippen LogP contribution in [-0.4, -0.2) is 19.5 Å². The molecule has 1 aromatic carbocycles. The van der Waals surface area contributed by atoms with E-state index in [1.807, 2.05) is 0 Å². The molecule has 0 saturated heterocycles. The van der Waals surface area contributed by atoms with Gasteiger partial charge in [0.2, 0.25) is 10.0 Å². The Balaban J connectivity index is 2.49. The second kappa shape index (κ2) is 5.76. The lowest BCUT2D eigenvalue weighted by Gasteiger charge is -2.12. The highest BCUT2D eigenvalue weighted by Gasteiger charge is 2.24. The average molecular weight is 331 g/mol. The second-order valence-corrected chi connectivity index (χ2v) is 6.08. The SMILES string of the molecule is NS(=O)(=O)c1cc(Cl)cc(NCc2ccco2)c1C(=O)O. The summed E-state index contributed by atoms with van der Waals surface area (Å²) in [7, 11) is -4.22. The molecule has 0 saturated carbocycles. The zero-order chi connectivity index (χ0) is 15.6. The summed E-state index contributed by atoms with van der Waals surface area (Å²) in [5, 5.41) is 17.1. The van der Waals surface area contributed by atoms with Gasteiger partial charge in [-0.2, -0.15) is 0 Å². The molecule has 21 heavy (non-hydrogen) atoms. The Labute approximate surface area is 125 Å². The molecule has 0 atom stereocenters. The fourth-order valence-electron chi connectivity index (χ4n) is 1.76. The molecule has 0 aliphatic rings. The van der Waals surface area contributed by atoms with Crippen LogP contribution in [0, 0.1) is 0 Å². The van der Waals surface area contributed by atoms with E-state index in [4.69, 9.17) is 21.2 Å². The number of nitrogens with one attached hydrogen (secondary N) is 1. The lowest BCUT2D eigenvalue weighted by molar-refractivity contribution is 0.0693. The van der Waals surface area contributed by atoms with Gasteiger partial charge in [-0.25, -0.2) is 18.4 Å². The molecule has 0 aliphatic heterocycles. The minimum Gasteiger partial charge on any atom is -0.478 e. The van der Waals surface area contributed by atoms with Crippen molar-refractivity contribution in [3.8, 4) is 0 Å². The van der Waals surface area contributed by atoms with Crippen molar-refractivity contribution in [2.75, 3.05) is 5.32 Å². The van der Waals surface area contributed by atoms with Crippen molar-refractivity contribution < 1.29 is 22.7 Å². The summed E-state index contributed by atoms with van der Waals surface area (Å²) < 4.78 is 28.1. The Kier molecular flexibility index (Phi) is 4.21. The maximum Gasteiger partial charge on any atom is 0.339 e. The molecule has 0 radical (unpaired) electrons. The number of furan rings is 1. The number of primary sulfonamides is 1. The summed E-state index contributed by atoms with van der Waals surface area (Å²) in [5.74, 6) is -0.888. The molecule has 0 aliphatic carbocycles. The minimum absolute atomic E-state index is 0.0374. The summed E-state index contributed by atoms with van der Waals surface area (Å²) in [6.45, 7) is 0.164. The number of nitrogens with two attached hydrogens (primary N) is 1. The number of halogens is 1. The highest BCUT2D eigenvalue weighted by Crippen LogP contribution is 2.28. The van der Waals surface area contributed by atoms with Crippen LogP contribution in [-0.2, 0) is 16.6 Å². The van der Waals surface area contributed by atoms with E-state index in [9.17, 15) is 18.3 Å². The number of rotatable bonds is 5. The molecule has 0 bridgehead atoms. The normalized spacial score (nSPS) is 11.3. The molecular formula is C12H11ClN2O5S. The van der Waals surface area contributed by atoms with E-state index in [0.717, 1.165) is 6.07 Å². The quantitative estimate of drug-likeness (QED) is 0.769. The van der Waals surface area contributed by atoms with E-state index in [2.05, 4.69) is 5.32 Å². The van der Waals surface area contributed by atoms with E-state index in [-0.39, 0.29) is 17.3 Å². The number of carboxylic acids is 1. The topological polar surface area (TPSA) is 123 Å². The lowest BCUT2D eigenvalue weighted by atomic mass is 10.1. The van der Waals surface area contributed by atoms with Crippen molar-refractivity contribution in [1.29, 1.82) is 0 Å². The standard InChI is InChI=1S/C12H11ClN2O5S/c13-7-4-9(15-6-8-2-1-3-20-8)11(12(16)17)10(5-7)21(14,18)19/h1-5,15H,6H2,(H,16,17)(H2,14,18,19). The maximum absolute atomic E-state index is 11.5. The van der Waals surface area contributed by atoms with Crippen molar-refractivity contribution in [3.63, 3.8) is 0 Å². The van der Waals surface area contributed by atoms with E-state index in [1.165, 1.54) is 12.3 Å². The van der Waals surface area contributed by atoms with Gasteiger partial charge in [0.25, 0.3) is 0 Å². The molecule has 2 rings (SSSR count). The van der Waals surface area contributed by atoms with Gasteiger partial charge in [-0.1, -0.05) is 11.6 Å². The Morgan fingerprint density at radius 2 is 2.14 bits per heavy atom. The fourth-order valence-corrected chi connectivity index (χ4v) is 2.82. The smallest absolute Gasteiger partial charge is 0.339 e. The van der Waals surface area contributed by atoms with Crippen molar-refractivity contribution in [3.05, 3.63) is 46.9 Å². The summed E-state index contributed by atoms with van der Waals surface area (Å²) in [6.07, 6.45) is 1.46. The molecule has 9 heteroatoms. The Bertz CT molecular complexity index is 771. The van der Waals surface area contributed by atoms with E-state index < -0.39 is 26.5 Å². The van der Waals surface area contributed by atoms with Crippen LogP contribution < -0.4 is 10.5 Å². The van der Waals surface area contributed by atoms with Gasteiger partial charge in [0.15, 0.2) is 0 Å². The molecule has 7 nitrogen and oxygen atoms in total. The molecular weight excluding hydrogens is 320 g/mol. The summed E-state index contributed by atoms with van der Waals surface area (Å²) in [5.41, 5.74) is -0.427. The molecule has 2 aromatic rings. The number of benzene rings is 1. The Hall–Kier alpha value is -2.03. The van der Waals surface area contributed by atoms with Crippen molar-refractivity contribution in [2.45, 2.75) is 11.4 Å². The van der Waals surface area contributed by atoms with Gasteiger partial charge < -0.3 is 14.8 Å². The van der Waals surface area contributed by atoms with Crippen LogP contribution in [0.25, 0.3) is 0 Å². The van der Waals surface area contributed by atoms with Gasteiger partial charge in [0, 0.05) is 5.02 Å². The number of hydrogen-bond donors (Lipinski definition) is 3. The first-order valence-corrected chi connectivity index (χ1v) is 7.57. The number of anilines is 1. The van der Waals surface area contributed by atoms with Gasteiger partial charge in [0.1, 0.15) is 11.3 Å². The number of hydrogen-bond acceptors (Lipinski definition) is 5. The lowest BCUT2D eigenvalue weighted by Crippen LogP contribution is -2.18. The zero-order valence-electron chi connectivity index (χ0n) is 10.5. The third kappa shape index (κ3) is 3.54. The van der Waals surface area contributed by atoms with Gasteiger partial charge >= 0.3 is 5.97 Å². The largest absolute Gasteiger partial charge is 0.478 e. The van der Waals surface area contributed by atoms with Crippen LogP contribution in [0.5, 0.6) is 0 Å².